The maximum Gasteiger partial charge on any atom is 0.323 e. The lowest BCUT2D eigenvalue weighted by Crippen LogP contribution is -2.51. The molecule has 1 fully saturated rings. The minimum absolute atomic E-state index is 0.162. The summed E-state index contributed by atoms with van der Waals surface area (Å²) in [5.74, 6) is 0.846. The van der Waals surface area contributed by atoms with Crippen molar-refractivity contribution in [1.29, 1.82) is 0 Å². The molecule has 34 heavy (non-hydrogen) atoms. The number of ether oxygens (including phenoxy) is 1. The standard InChI is InChI=1S/C26H24FN3O3S/c1-17-3-12-23-22(15-17)26(24(31)29(23)16-18-4-6-19(27)7-5-18)30(13-14-34-26)25(32)28-20-8-10-21(33-2)11-9-20/h3-12,15H,13-14,16H2,1-2H3,(H,28,32). The molecule has 0 radical (unpaired) electrons. The number of hydrogen-bond donors (Lipinski definition) is 1. The number of fused-ring (bicyclic) bond motifs is 2. The molecule has 5 rings (SSSR count). The quantitative estimate of drug-likeness (QED) is 0.566. The number of carbonyl (C=O) groups excluding carboxylic acids is 2. The number of benzene rings is 3. The van der Waals surface area contributed by atoms with E-state index in [-0.39, 0.29) is 17.8 Å². The van der Waals surface area contributed by atoms with Crippen LogP contribution in [0.1, 0.15) is 16.7 Å². The average Bonchev–Trinajstić information content (AvgIpc) is 3.38. The zero-order valence-electron chi connectivity index (χ0n) is 18.9. The van der Waals surface area contributed by atoms with Crippen LogP contribution in [-0.2, 0) is 16.2 Å². The fraction of sp³-hybridized carbons (Fsp3) is 0.231. The summed E-state index contributed by atoms with van der Waals surface area (Å²) in [7, 11) is 1.58. The van der Waals surface area contributed by atoms with Gasteiger partial charge >= 0.3 is 6.03 Å². The summed E-state index contributed by atoms with van der Waals surface area (Å²) in [6, 6.07) is 18.8. The van der Waals surface area contributed by atoms with E-state index in [2.05, 4.69) is 5.32 Å². The Bertz CT molecular complexity index is 1250. The Kier molecular flexibility index (Phi) is 5.69. The number of methoxy groups -OCH3 is 1. The molecule has 8 heteroatoms. The van der Waals surface area contributed by atoms with Crippen LogP contribution in [0.15, 0.2) is 66.7 Å². The second kappa shape index (κ2) is 8.68. The van der Waals surface area contributed by atoms with E-state index in [9.17, 15) is 14.0 Å². The van der Waals surface area contributed by atoms with E-state index in [4.69, 9.17) is 4.74 Å². The molecule has 1 atom stereocenters. The van der Waals surface area contributed by atoms with Gasteiger partial charge in [-0.15, -0.1) is 11.8 Å². The number of nitrogens with one attached hydrogen (secondary N) is 1. The van der Waals surface area contributed by atoms with E-state index in [1.807, 2.05) is 25.1 Å². The van der Waals surface area contributed by atoms with Gasteiger partial charge in [-0.1, -0.05) is 29.8 Å². The first kappa shape index (κ1) is 22.3. The molecule has 2 heterocycles. The highest BCUT2D eigenvalue weighted by Gasteiger charge is 2.59. The molecule has 3 aromatic carbocycles. The number of urea groups is 1. The Labute approximate surface area is 201 Å². The van der Waals surface area contributed by atoms with Crippen LogP contribution in [0.2, 0.25) is 0 Å². The van der Waals surface area contributed by atoms with Crippen molar-refractivity contribution in [2.75, 3.05) is 29.6 Å². The predicted octanol–water partition coefficient (Wildman–Crippen LogP) is 5.12. The Balaban J connectivity index is 1.50. The van der Waals surface area contributed by atoms with Crippen molar-refractivity contribution in [1.82, 2.24) is 4.90 Å². The molecule has 1 saturated heterocycles. The third kappa shape index (κ3) is 3.68. The minimum Gasteiger partial charge on any atom is -0.497 e. The van der Waals surface area contributed by atoms with E-state index in [0.29, 0.717) is 30.3 Å². The van der Waals surface area contributed by atoms with Gasteiger partial charge in [0.05, 0.1) is 19.3 Å². The van der Waals surface area contributed by atoms with E-state index >= 15 is 0 Å². The van der Waals surface area contributed by atoms with Gasteiger partial charge in [0.15, 0.2) is 4.87 Å². The second-order valence-electron chi connectivity index (χ2n) is 8.34. The Morgan fingerprint density at radius 1 is 1.12 bits per heavy atom. The van der Waals surface area contributed by atoms with Crippen LogP contribution < -0.4 is 15.0 Å². The third-order valence-electron chi connectivity index (χ3n) is 6.19. The SMILES string of the molecule is COc1ccc(NC(=O)N2CCSC23C(=O)N(Cc2ccc(F)cc2)c2ccc(C)cc23)cc1. The molecular formula is C26H24FN3O3S. The molecule has 3 aromatic rings. The maximum atomic E-state index is 14.0. The van der Waals surface area contributed by atoms with Gasteiger partial charge in [0.1, 0.15) is 11.6 Å². The Morgan fingerprint density at radius 2 is 1.85 bits per heavy atom. The molecule has 0 bridgehead atoms. The van der Waals surface area contributed by atoms with Crippen LogP contribution in [0.4, 0.5) is 20.6 Å². The minimum atomic E-state index is -1.14. The lowest BCUT2D eigenvalue weighted by atomic mass is 10.0. The van der Waals surface area contributed by atoms with E-state index in [0.717, 1.165) is 22.4 Å². The molecule has 0 aromatic heterocycles. The number of halogens is 1. The van der Waals surface area contributed by atoms with Crippen molar-refractivity contribution in [2.45, 2.75) is 18.3 Å². The Hall–Kier alpha value is -3.52. The zero-order valence-corrected chi connectivity index (χ0v) is 19.7. The maximum absolute atomic E-state index is 14.0. The van der Waals surface area contributed by atoms with Gasteiger partial charge in [-0.2, -0.15) is 0 Å². The molecule has 2 aliphatic rings. The molecule has 3 amide bonds. The van der Waals surface area contributed by atoms with Crippen LogP contribution in [0, 0.1) is 12.7 Å². The summed E-state index contributed by atoms with van der Waals surface area (Å²) in [6.07, 6.45) is 0. The fourth-order valence-corrected chi connectivity index (χ4v) is 5.98. The molecule has 6 nitrogen and oxygen atoms in total. The topological polar surface area (TPSA) is 61.9 Å². The van der Waals surface area contributed by atoms with Gasteiger partial charge < -0.3 is 15.0 Å². The monoisotopic (exact) mass is 477 g/mol. The first-order chi connectivity index (χ1) is 16.4. The van der Waals surface area contributed by atoms with E-state index in [1.54, 1.807) is 53.3 Å². The lowest BCUT2D eigenvalue weighted by molar-refractivity contribution is -0.123. The zero-order chi connectivity index (χ0) is 23.9. The van der Waals surface area contributed by atoms with Crippen molar-refractivity contribution in [2.24, 2.45) is 0 Å². The van der Waals surface area contributed by atoms with Crippen molar-refractivity contribution in [3.8, 4) is 5.75 Å². The molecule has 0 aliphatic carbocycles. The summed E-state index contributed by atoms with van der Waals surface area (Å²) in [6.45, 7) is 2.71. The highest BCUT2D eigenvalue weighted by atomic mass is 32.2. The average molecular weight is 478 g/mol. The molecule has 174 valence electrons. The molecule has 1 N–H and O–H groups in total. The van der Waals surface area contributed by atoms with Gasteiger partial charge in [-0.3, -0.25) is 9.69 Å². The Morgan fingerprint density at radius 3 is 2.56 bits per heavy atom. The van der Waals surface area contributed by atoms with Crippen LogP contribution in [0.3, 0.4) is 0 Å². The highest BCUT2D eigenvalue weighted by molar-refractivity contribution is 8.01. The van der Waals surface area contributed by atoms with E-state index < -0.39 is 4.87 Å². The predicted molar refractivity (Wildman–Crippen MR) is 132 cm³/mol. The van der Waals surface area contributed by atoms with E-state index in [1.165, 1.54) is 23.9 Å². The summed E-state index contributed by atoms with van der Waals surface area (Å²) in [5, 5.41) is 2.93. The molecule has 1 unspecified atom stereocenters. The van der Waals surface area contributed by atoms with Crippen molar-refractivity contribution >= 4 is 35.1 Å². The molecular weight excluding hydrogens is 453 g/mol. The molecule has 1 spiro atoms. The summed E-state index contributed by atoms with van der Waals surface area (Å²) < 4.78 is 18.6. The number of nitrogens with zero attached hydrogens (tertiary/aromatic N) is 2. The lowest BCUT2D eigenvalue weighted by Gasteiger charge is -2.33. The first-order valence-electron chi connectivity index (χ1n) is 11.0. The summed E-state index contributed by atoms with van der Waals surface area (Å²) in [5.41, 5.74) is 4.03. The van der Waals surface area contributed by atoms with Crippen molar-refractivity contribution in [3.63, 3.8) is 0 Å². The normalized spacial score (nSPS) is 19.0. The number of carbonyl (C=O) groups is 2. The van der Waals surface area contributed by atoms with Gasteiger partial charge in [0, 0.05) is 23.5 Å². The molecule has 2 aliphatic heterocycles. The number of thioether (sulfide) groups is 1. The first-order valence-corrected chi connectivity index (χ1v) is 11.9. The van der Waals surface area contributed by atoms with Crippen molar-refractivity contribution < 1.29 is 18.7 Å². The highest BCUT2D eigenvalue weighted by Crippen LogP contribution is 2.54. The number of anilines is 2. The van der Waals surface area contributed by atoms with Gasteiger partial charge in [0.25, 0.3) is 5.91 Å². The number of amides is 3. The smallest absolute Gasteiger partial charge is 0.323 e. The number of hydrogen-bond acceptors (Lipinski definition) is 4. The molecule has 0 saturated carbocycles. The number of rotatable bonds is 4. The van der Waals surface area contributed by atoms with Crippen LogP contribution >= 0.6 is 11.8 Å². The van der Waals surface area contributed by atoms with Crippen LogP contribution in [-0.4, -0.2) is 36.2 Å². The van der Waals surface area contributed by atoms with Gasteiger partial charge in [0.2, 0.25) is 0 Å². The second-order valence-corrected chi connectivity index (χ2v) is 9.63. The van der Waals surface area contributed by atoms with Crippen LogP contribution in [0.5, 0.6) is 5.75 Å². The summed E-state index contributed by atoms with van der Waals surface area (Å²) in [4.78, 5) is 29.6. The largest absolute Gasteiger partial charge is 0.497 e. The fourth-order valence-electron chi connectivity index (χ4n) is 4.52. The third-order valence-corrected chi connectivity index (χ3v) is 7.61. The van der Waals surface area contributed by atoms with Crippen molar-refractivity contribution in [3.05, 3.63) is 89.2 Å². The van der Waals surface area contributed by atoms with Crippen LogP contribution in [0.25, 0.3) is 0 Å². The summed E-state index contributed by atoms with van der Waals surface area (Å²) >= 11 is 1.48. The number of aryl methyl sites for hydroxylation is 1. The van der Waals surface area contributed by atoms with Gasteiger partial charge in [-0.25, -0.2) is 9.18 Å². The van der Waals surface area contributed by atoms with Gasteiger partial charge in [-0.05, 0) is 55.0 Å².